The highest BCUT2D eigenvalue weighted by atomic mass is 79.9. The van der Waals surface area contributed by atoms with Crippen LogP contribution in [0.15, 0.2) is 29.0 Å². The highest BCUT2D eigenvalue weighted by molar-refractivity contribution is 9.10. The van der Waals surface area contributed by atoms with E-state index < -0.39 is 5.82 Å². The van der Waals surface area contributed by atoms with Crippen LogP contribution < -0.4 is 5.32 Å². The van der Waals surface area contributed by atoms with Crippen molar-refractivity contribution in [1.29, 1.82) is 0 Å². The van der Waals surface area contributed by atoms with Crippen molar-refractivity contribution >= 4 is 27.6 Å². The number of aromatic nitrogens is 3. The van der Waals surface area contributed by atoms with Gasteiger partial charge in [0.1, 0.15) is 18.0 Å². The standard InChI is InChI=1S/C12H13BrFN5O/c1-18(6-11-15-7-16-19(11)2)12(20)17-10-4-8(13)3-9(14)5-10/h3-5,7H,6H2,1-2H3,(H,17,20). The van der Waals surface area contributed by atoms with Crippen molar-refractivity contribution in [3.05, 3.63) is 40.6 Å². The number of anilines is 1. The Morgan fingerprint density at radius 3 is 2.85 bits per heavy atom. The lowest BCUT2D eigenvalue weighted by Crippen LogP contribution is -2.31. The summed E-state index contributed by atoms with van der Waals surface area (Å²) in [5.41, 5.74) is 0.381. The zero-order valence-electron chi connectivity index (χ0n) is 11.0. The average Bonchev–Trinajstić information content (AvgIpc) is 2.73. The van der Waals surface area contributed by atoms with Crippen molar-refractivity contribution in [2.75, 3.05) is 12.4 Å². The maximum Gasteiger partial charge on any atom is 0.321 e. The van der Waals surface area contributed by atoms with E-state index in [9.17, 15) is 9.18 Å². The van der Waals surface area contributed by atoms with Crippen LogP contribution in [0, 0.1) is 5.82 Å². The van der Waals surface area contributed by atoms with E-state index in [0.717, 1.165) is 0 Å². The topological polar surface area (TPSA) is 63.1 Å². The van der Waals surface area contributed by atoms with Gasteiger partial charge in [-0.25, -0.2) is 14.2 Å². The second kappa shape index (κ2) is 6.00. The quantitative estimate of drug-likeness (QED) is 0.932. The van der Waals surface area contributed by atoms with Crippen molar-refractivity contribution in [3.63, 3.8) is 0 Å². The van der Waals surface area contributed by atoms with E-state index in [-0.39, 0.29) is 6.03 Å². The SMILES string of the molecule is CN(Cc1ncnn1C)C(=O)Nc1cc(F)cc(Br)c1. The highest BCUT2D eigenvalue weighted by Gasteiger charge is 2.12. The third-order valence-corrected chi connectivity index (χ3v) is 3.10. The number of urea groups is 1. The lowest BCUT2D eigenvalue weighted by Gasteiger charge is -2.17. The van der Waals surface area contributed by atoms with E-state index in [1.54, 1.807) is 24.8 Å². The Morgan fingerprint density at radius 2 is 2.25 bits per heavy atom. The van der Waals surface area contributed by atoms with Gasteiger partial charge in [-0.15, -0.1) is 0 Å². The average molecular weight is 342 g/mol. The maximum atomic E-state index is 13.2. The highest BCUT2D eigenvalue weighted by Crippen LogP contribution is 2.19. The second-order valence-electron chi connectivity index (χ2n) is 4.24. The molecule has 0 aliphatic heterocycles. The largest absolute Gasteiger partial charge is 0.321 e. The van der Waals surface area contributed by atoms with Gasteiger partial charge in [0.15, 0.2) is 0 Å². The first-order valence-corrected chi connectivity index (χ1v) is 6.56. The number of nitrogens with zero attached hydrogens (tertiary/aromatic N) is 4. The number of rotatable bonds is 3. The van der Waals surface area contributed by atoms with Crippen molar-refractivity contribution in [1.82, 2.24) is 19.7 Å². The maximum absolute atomic E-state index is 13.2. The first-order valence-electron chi connectivity index (χ1n) is 5.77. The fraction of sp³-hybridized carbons (Fsp3) is 0.250. The zero-order chi connectivity index (χ0) is 14.7. The number of carbonyl (C=O) groups excluding carboxylic acids is 1. The van der Waals surface area contributed by atoms with Gasteiger partial charge in [0, 0.05) is 24.3 Å². The van der Waals surface area contributed by atoms with Crippen LogP contribution in [0.1, 0.15) is 5.82 Å². The first kappa shape index (κ1) is 14.4. The predicted octanol–water partition coefficient (Wildman–Crippen LogP) is 2.38. The Bertz CT molecular complexity index is 610. The molecule has 0 unspecified atom stereocenters. The molecule has 1 heterocycles. The smallest absolute Gasteiger partial charge is 0.320 e. The van der Waals surface area contributed by atoms with Gasteiger partial charge in [-0.05, 0) is 18.2 Å². The van der Waals surface area contributed by atoms with Crippen LogP contribution in [-0.4, -0.2) is 32.7 Å². The number of hydrogen-bond acceptors (Lipinski definition) is 3. The van der Waals surface area contributed by atoms with Crippen LogP contribution in [0.2, 0.25) is 0 Å². The summed E-state index contributed by atoms with van der Waals surface area (Å²) in [7, 11) is 3.37. The molecular formula is C12H13BrFN5O. The molecular weight excluding hydrogens is 329 g/mol. The fourth-order valence-corrected chi connectivity index (χ4v) is 2.06. The van der Waals surface area contributed by atoms with Gasteiger partial charge in [0.2, 0.25) is 0 Å². The summed E-state index contributed by atoms with van der Waals surface area (Å²) in [6.45, 7) is 0.304. The van der Waals surface area contributed by atoms with Gasteiger partial charge in [0.05, 0.1) is 6.54 Å². The summed E-state index contributed by atoms with van der Waals surface area (Å²) in [6.07, 6.45) is 1.42. The Balaban J connectivity index is 2.02. The van der Waals surface area contributed by atoms with E-state index in [0.29, 0.717) is 22.5 Å². The van der Waals surface area contributed by atoms with Crippen molar-refractivity contribution in [2.24, 2.45) is 7.05 Å². The molecule has 0 bridgehead atoms. The second-order valence-corrected chi connectivity index (χ2v) is 5.16. The van der Waals surface area contributed by atoms with Crippen LogP contribution in [-0.2, 0) is 13.6 Å². The van der Waals surface area contributed by atoms with E-state index in [1.807, 2.05) is 0 Å². The molecule has 0 saturated heterocycles. The molecule has 1 N–H and O–H groups in total. The molecule has 1 aromatic heterocycles. The normalized spacial score (nSPS) is 10.4. The molecule has 20 heavy (non-hydrogen) atoms. The Hall–Kier alpha value is -1.96. The molecule has 2 aromatic rings. The van der Waals surface area contributed by atoms with Crippen LogP contribution in [0.4, 0.5) is 14.9 Å². The number of aryl methyl sites for hydroxylation is 1. The molecule has 0 fully saturated rings. The summed E-state index contributed by atoms with van der Waals surface area (Å²) < 4.78 is 15.4. The molecule has 0 radical (unpaired) electrons. The molecule has 2 amide bonds. The molecule has 0 spiro atoms. The van der Waals surface area contributed by atoms with Gasteiger partial charge in [-0.1, -0.05) is 15.9 Å². The lowest BCUT2D eigenvalue weighted by molar-refractivity contribution is 0.219. The summed E-state index contributed by atoms with van der Waals surface area (Å²) >= 11 is 3.17. The van der Waals surface area contributed by atoms with Crippen LogP contribution >= 0.6 is 15.9 Å². The molecule has 2 rings (SSSR count). The zero-order valence-corrected chi connectivity index (χ0v) is 12.6. The lowest BCUT2D eigenvalue weighted by atomic mass is 10.3. The molecule has 0 saturated carbocycles. The van der Waals surface area contributed by atoms with E-state index >= 15 is 0 Å². The Labute approximate surface area is 123 Å². The van der Waals surface area contributed by atoms with Gasteiger partial charge in [-0.2, -0.15) is 5.10 Å². The molecule has 0 atom stereocenters. The number of halogens is 2. The minimum atomic E-state index is -0.425. The minimum absolute atomic E-state index is 0.304. The van der Waals surface area contributed by atoms with Gasteiger partial charge >= 0.3 is 6.03 Å². The minimum Gasteiger partial charge on any atom is -0.320 e. The van der Waals surface area contributed by atoms with Gasteiger partial charge in [0.25, 0.3) is 0 Å². The summed E-state index contributed by atoms with van der Waals surface area (Å²) in [5.74, 6) is 0.230. The number of amides is 2. The Morgan fingerprint density at radius 1 is 1.50 bits per heavy atom. The summed E-state index contributed by atoms with van der Waals surface area (Å²) in [6, 6.07) is 3.83. The van der Waals surface area contributed by atoms with Crippen LogP contribution in [0.25, 0.3) is 0 Å². The Kier molecular flexibility index (Phi) is 4.33. The molecule has 8 heteroatoms. The number of nitrogens with one attached hydrogen (secondary N) is 1. The number of benzene rings is 1. The summed E-state index contributed by atoms with van der Waals surface area (Å²) in [5, 5.41) is 6.54. The number of carbonyl (C=O) groups is 1. The van der Waals surface area contributed by atoms with Crippen LogP contribution in [0.3, 0.4) is 0 Å². The van der Waals surface area contributed by atoms with Gasteiger partial charge < -0.3 is 10.2 Å². The molecule has 0 aliphatic carbocycles. The predicted molar refractivity (Wildman–Crippen MR) is 75.6 cm³/mol. The van der Waals surface area contributed by atoms with Crippen molar-refractivity contribution < 1.29 is 9.18 Å². The van der Waals surface area contributed by atoms with Crippen molar-refractivity contribution in [3.8, 4) is 0 Å². The molecule has 106 valence electrons. The molecule has 1 aromatic carbocycles. The van der Waals surface area contributed by atoms with E-state index in [4.69, 9.17) is 0 Å². The van der Waals surface area contributed by atoms with E-state index in [2.05, 4.69) is 31.3 Å². The first-order chi connectivity index (χ1) is 9.45. The number of hydrogen-bond donors (Lipinski definition) is 1. The third kappa shape index (κ3) is 3.53. The molecule has 0 aliphatic rings. The summed E-state index contributed by atoms with van der Waals surface area (Å²) in [4.78, 5) is 17.5. The van der Waals surface area contributed by atoms with Crippen LogP contribution in [0.5, 0.6) is 0 Å². The van der Waals surface area contributed by atoms with Gasteiger partial charge in [-0.3, -0.25) is 4.68 Å². The molecule has 6 nitrogen and oxygen atoms in total. The van der Waals surface area contributed by atoms with E-state index in [1.165, 1.54) is 23.4 Å². The van der Waals surface area contributed by atoms with Crippen molar-refractivity contribution in [2.45, 2.75) is 6.54 Å². The monoisotopic (exact) mass is 341 g/mol. The fourth-order valence-electron chi connectivity index (χ4n) is 1.59. The third-order valence-electron chi connectivity index (χ3n) is 2.64.